The molecular weight excluding hydrogens is 333 g/mol. The van der Waals surface area contributed by atoms with Gasteiger partial charge in [-0.1, -0.05) is 18.2 Å². The van der Waals surface area contributed by atoms with Gasteiger partial charge in [-0.3, -0.25) is 9.89 Å². The molecule has 5 nitrogen and oxygen atoms in total. The van der Waals surface area contributed by atoms with Gasteiger partial charge in [-0.05, 0) is 24.9 Å². The molecule has 2 atom stereocenters. The Balaban J connectivity index is 1.50. The number of nitrogens with zero attached hydrogens (tertiary/aromatic N) is 2. The fraction of sp³-hybridized carbons (Fsp3) is 0.588. The summed E-state index contributed by atoms with van der Waals surface area (Å²) in [6.45, 7) is 1.08. The monoisotopic (exact) mass is 356 g/mol. The molecular formula is C17H23F3N4O. The van der Waals surface area contributed by atoms with Crippen LogP contribution in [0.2, 0.25) is 0 Å². The fourth-order valence-electron chi connectivity index (χ4n) is 3.40. The van der Waals surface area contributed by atoms with Crippen molar-refractivity contribution < 1.29 is 17.9 Å². The summed E-state index contributed by atoms with van der Waals surface area (Å²) in [5.74, 6) is 1.29. The fourth-order valence-corrected chi connectivity index (χ4v) is 3.40. The molecule has 1 fully saturated rings. The van der Waals surface area contributed by atoms with Gasteiger partial charge in [0.15, 0.2) is 5.96 Å². The van der Waals surface area contributed by atoms with E-state index in [0.29, 0.717) is 38.6 Å². The first-order chi connectivity index (χ1) is 11.9. The van der Waals surface area contributed by atoms with Crippen molar-refractivity contribution in [1.29, 1.82) is 0 Å². The first-order valence-electron chi connectivity index (χ1n) is 8.48. The summed E-state index contributed by atoms with van der Waals surface area (Å²) >= 11 is 0. The zero-order valence-corrected chi connectivity index (χ0v) is 13.9. The Kier molecular flexibility index (Phi) is 5.36. The van der Waals surface area contributed by atoms with Crippen LogP contribution in [0.3, 0.4) is 0 Å². The van der Waals surface area contributed by atoms with E-state index in [4.69, 9.17) is 10.5 Å². The minimum Gasteiger partial charge on any atom is -0.493 e. The highest BCUT2D eigenvalue weighted by Crippen LogP contribution is 2.31. The van der Waals surface area contributed by atoms with Gasteiger partial charge in [0.1, 0.15) is 5.75 Å². The molecule has 2 aliphatic rings. The second-order valence-corrected chi connectivity index (χ2v) is 6.60. The molecule has 0 radical (unpaired) electrons. The molecule has 0 aromatic heterocycles. The van der Waals surface area contributed by atoms with E-state index in [9.17, 15) is 13.2 Å². The van der Waals surface area contributed by atoms with E-state index in [-0.39, 0.29) is 12.0 Å². The molecule has 8 heteroatoms. The summed E-state index contributed by atoms with van der Waals surface area (Å²) in [7, 11) is 0. The Labute approximate surface area is 145 Å². The molecule has 2 heterocycles. The van der Waals surface area contributed by atoms with Gasteiger partial charge in [0.25, 0.3) is 0 Å². The van der Waals surface area contributed by atoms with E-state index in [1.54, 1.807) is 0 Å². The molecule has 3 N–H and O–H groups in total. The molecule has 0 saturated carbocycles. The number of guanidine groups is 1. The maximum Gasteiger partial charge on any atom is 0.401 e. The van der Waals surface area contributed by atoms with Crippen molar-refractivity contribution in [3.63, 3.8) is 0 Å². The summed E-state index contributed by atoms with van der Waals surface area (Å²) in [4.78, 5) is 5.77. The number of alkyl halides is 3. The number of hydrogen-bond acceptors (Lipinski definition) is 3. The highest BCUT2D eigenvalue weighted by molar-refractivity contribution is 5.78. The molecule has 1 saturated heterocycles. The molecule has 0 bridgehead atoms. The minimum absolute atomic E-state index is 0.0407. The van der Waals surface area contributed by atoms with Crippen molar-refractivity contribution in [1.82, 2.24) is 10.2 Å². The van der Waals surface area contributed by atoms with Crippen LogP contribution in [0.25, 0.3) is 0 Å². The summed E-state index contributed by atoms with van der Waals surface area (Å²) in [5.41, 5.74) is 7.03. The van der Waals surface area contributed by atoms with E-state index in [1.807, 2.05) is 24.3 Å². The quantitative estimate of drug-likeness (QED) is 0.642. The topological polar surface area (TPSA) is 62.9 Å². The minimum atomic E-state index is -4.14. The van der Waals surface area contributed by atoms with Crippen molar-refractivity contribution in [2.45, 2.75) is 25.1 Å². The standard InChI is InChI=1S/C17H23F3N4O/c18-17(19,20)11-24-7-5-12(10-24)9-22-16(21)23-14-6-8-25-15-4-2-1-3-13(14)15/h1-4,12,14H,5-11H2,(H3,21,22,23). The van der Waals surface area contributed by atoms with Gasteiger partial charge < -0.3 is 15.8 Å². The number of benzene rings is 1. The third-order valence-electron chi connectivity index (χ3n) is 4.57. The van der Waals surface area contributed by atoms with Gasteiger partial charge in [0.2, 0.25) is 0 Å². The van der Waals surface area contributed by atoms with Gasteiger partial charge in [0, 0.05) is 25.1 Å². The third kappa shape index (κ3) is 5.01. The molecule has 2 unspecified atom stereocenters. The number of ether oxygens (including phenoxy) is 1. The van der Waals surface area contributed by atoms with Crippen LogP contribution in [0.5, 0.6) is 5.75 Å². The van der Waals surface area contributed by atoms with Crippen molar-refractivity contribution >= 4 is 5.96 Å². The number of aliphatic imine (C=N–C) groups is 1. The van der Waals surface area contributed by atoms with Crippen LogP contribution in [-0.4, -0.2) is 49.8 Å². The lowest BCUT2D eigenvalue weighted by Gasteiger charge is -2.27. The lowest BCUT2D eigenvalue weighted by atomic mass is 10.0. The lowest BCUT2D eigenvalue weighted by molar-refractivity contribution is -0.143. The lowest BCUT2D eigenvalue weighted by Crippen LogP contribution is -2.37. The maximum atomic E-state index is 12.4. The number of nitrogens with one attached hydrogen (secondary N) is 1. The summed E-state index contributed by atoms with van der Waals surface area (Å²) in [5, 5.41) is 3.20. The van der Waals surface area contributed by atoms with Crippen LogP contribution in [0.4, 0.5) is 13.2 Å². The third-order valence-corrected chi connectivity index (χ3v) is 4.57. The number of nitrogens with two attached hydrogens (primary N) is 1. The van der Waals surface area contributed by atoms with Crippen molar-refractivity contribution in [3.8, 4) is 5.75 Å². The average molecular weight is 356 g/mol. The molecule has 25 heavy (non-hydrogen) atoms. The van der Waals surface area contributed by atoms with E-state index >= 15 is 0 Å². The largest absolute Gasteiger partial charge is 0.493 e. The van der Waals surface area contributed by atoms with Crippen LogP contribution < -0.4 is 15.8 Å². The van der Waals surface area contributed by atoms with Gasteiger partial charge >= 0.3 is 6.18 Å². The molecule has 0 aliphatic carbocycles. The molecule has 138 valence electrons. The maximum absolute atomic E-state index is 12.4. The van der Waals surface area contributed by atoms with Gasteiger partial charge in [-0.15, -0.1) is 0 Å². The highest BCUT2D eigenvalue weighted by Gasteiger charge is 2.34. The number of para-hydroxylation sites is 1. The van der Waals surface area contributed by atoms with Crippen LogP contribution in [0, 0.1) is 5.92 Å². The summed E-state index contributed by atoms with van der Waals surface area (Å²) in [6, 6.07) is 7.82. The second-order valence-electron chi connectivity index (χ2n) is 6.60. The normalized spacial score (nSPS) is 24.7. The van der Waals surface area contributed by atoms with Gasteiger partial charge in [-0.25, -0.2) is 0 Å². The summed E-state index contributed by atoms with van der Waals surface area (Å²) < 4.78 is 42.9. The molecule has 1 aromatic rings. The molecule has 0 amide bonds. The first kappa shape index (κ1) is 17.8. The van der Waals surface area contributed by atoms with Crippen molar-refractivity contribution in [3.05, 3.63) is 29.8 Å². The Hall–Kier alpha value is -1.96. The predicted molar refractivity (Wildman–Crippen MR) is 89.5 cm³/mol. The van der Waals surface area contributed by atoms with E-state index < -0.39 is 12.7 Å². The Morgan fingerprint density at radius 1 is 1.32 bits per heavy atom. The van der Waals surface area contributed by atoms with Gasteiger partial charge in [-0.2, -0.15) is 13.2 Å². The number of rotatable bonds is 4. The smallest absolute Gasteiger partial charge is 0.401 e. The zero-order valence-electron chi connectivity index (χ0n) is 13.9. The Morgan fingerprint density at radius 2 is 2.12 bits per heavy atom. The summed E-state index contributed by atoms with van der Waals surface area (Å²) in [6.07, 6.45) is -2.64. The predicted octanol–water partition coefficient (Wildman–Crippen LogP) is 2.30. The van der Waals surface area contributed by atoms with Crippen LogP contribution >= 0.6 is 0 Å². The molecule has 0 spiro atoms. The highest BCUT2D eigenvalue weighted by atomic mass is 19.4. The second kappa shape index (κ2) is 7.51. The first-order valence-corrected chi connectivity index (χ1v) is 8.48. The molecule has 2 aliphatic heterocycles. The van der Waals surface area contributed by atoms with E-state index in [1.165, 1.54) is 4.90 Å². The SMILES string of the molecule is NC(=NCC1CCN(CC(F)(F)F)C1)NC1CCOc2ccccc21. The van der Waals surface area contributed by atoms with Crippen LogP contribution in [-0.2, 0) is 0 Å². The van der Waals surface area contributed by atoms with Gasteiger partial charge in [0.05, 0.1) is 19.2 Å². The Bertz CT molecular complexity index is 620. The molecule has 1 aromatic carbocycles. The van der Waals surface area contributed by atoms with Crippen LogP contribution in [0.15, 0.2) is 29.3 Å². The van der Waals surface area contributed by atoms with Crippen molar-refractivity contribution in [2.24, 2.45) is 16.6 Å². The van der Waals surface area contributed by atoms with E-state index in [2.05, 4.69) is 10.3 Å². The average Bonchev–Trinajstić information content (AvgIpc) is 2.99. The Morgan fingerprint density at radius 3 is 2.92 bits per heavy atom. The number of halogens is 3. The molecule has 3 rings (SSSR count). The number of fused-ring (bicyclic) bond motifs is 1. The van der Waals surface area contributed by atoms with Crippen molar-refractivity contribution in [2.75, 3.05) is 32.8 Å². The van der Waals surface area contributed by atoms with E-state index in [0.717, 1.165) is 17.7 Å². The van der Waals surface area contributed by atoms with Crippen LogP contribution in [0.1, 0.15) is 24.4 Å². The number of hydrogen-bond donors (Lipinski definition) is 2. The zero-order chi connectivity index (χ0) is 17.9. The number of likely N-dealkylation sites (tertiary alicyclic amines) is 1.